The third kappa shape index (κ3) is 4.71. The molecule has 0 aromatic carbocycles. The van der Waals surface area contributed by atoms with Crippen molar-refractivity contribution in [2.24, 2.45) is 11.3 Å². The molecule has 1 heterocycles. The van der Waals surface area contributed by atoms with E-state index in [1.807, 2.05) is 26.8 Å². The van der Waals surface area contributed by atoms with Gasteiger partial charge in [-0.1, -0.05) is 32.4 Å². The van der Waals surface area contributed by atoms with Crippen LogP contribution in [0.4, 0.5) is 5.82 Å². The van der Waals surface area contributed by atoms with Gasteiger partial charge in [0.05, 0.1) is 11.5 Å². The summed E-state index contributed by atoms with van der Waals surface area (Å²) in [5.74, 6) is -1.07. The summed E-state index contributed by atoms with van der Waals surface area (Å²) < 4.78 is 0. The number of nitrogens with one attached hydrogen (secondary N) is 1. The number of nitrogens with zero attached hydrogens (tertiary/aromatic N) is 2. The summed E-state index contributed by atoms with van der Waals surface area (Å²) in [6.45, 7) is 6.19. The van der Waals surface area contributed by atoms with Crippen molar-refractivity contribution in [2.75, 3.05) is 11.9 Å². The molecule has 0 spiro atoms. The highest BCUT2D eigenvalue weighted by molar-refractivity contribution is 6.34. The van der Waals surface area contributed by atoms with Gasteiger partial charge < -0.3 is 10.4 Å². The van der Waals surface area contributed by atoms with Gasteiger partial charge in [-0.2, -0.15) is 5.26 Å². The van der Waals surface area contributed by atoms with Crippen LogP contribution in [0, 0.1) is 22.7 Å². The van der Waals surface area contributed by atoms with Gasteiger partial charge in [0, 0.05) is 12.7 Å². The Morgan fingerprint density at radius 1 is 1.60 bits per heavy atom. The van der Waals surface area contributed by atoms with Crippen molar-refractivity contribution < 1.29 is 9.90 Å². The van der Waals surface area contributed by atoms with Gasteiger partial charge in [-0.25, -0.2) is 4.98 Å². The lowest BCUT2D eigenvalue weighted by molar-refractivity contribution is -0.142. The second-order valence-corrected chi connectivity index (χ2v) is 6.19. The highest BCUT2D eigenvalue weighted by atomic mass is 35.5. The molecule has 1 rings (SSSR count). The molecule has 0 aliphatic heterocycles. The molecule has 0 saturated carbocycles. The van der Waals surface area contributed by atoms with E-state index < -0.39 is 11.9 Å². The molecule has 1 unspecified atom stereocenters. The Bertz CT molecular complexity index is 532. The van der Waals surface area contributed by atoms with Crippen LogP contribution < -0.4 is 5.32 Å². The molecule has 0 saturated heterocycles. The zero-order valence-electron chi connectivity index (χ0n) is 11.8. The number of pyridine rings is 1. The van der Waals surface area contributed by atoms with Gasteiger partial charge >= 0.3 is 5.97 Å². The largest absolute Gasteiger partial charge is 0.481 e. The summed E-state index contributed by atoms with van der Waals surface area (Å²) in [6, 6.07) is 3.47. The van der Waals surface area contributed by atoms with Gasteiger partial charge in [-0.15, -0.1) is 0 Å². The maximum atomic E-state index is 11.3. The number of carboxylic acids is 1. The Morgan fingerprint density at radius 2 is 2.25 bits per heavy atom. The summed E-state index contributed by atoms with van der Waals surface area (Å²) in [6.07, 6.45) is 2.00. The predicted molar refractivity (Wildman–Crippen MR) is 77.6 cm³/mol. The number of rotatable bonds is 5. The molecule has 0 fully saturated rings. The van der Waals surface area contributed by atoms with E-state index in [2.05, 4.69) is 10.3 Å². The van der Waals surface area contributed by atoms with E-state index in [1.54, 1.807) is 0 Å². The van der Waals surface area contributed by atoms with Crippen LogP contribution in [0.15, 0.2) is 12.3 Å². The second-order valence-electron chi connectivity index (χ2n) is 5.81. The molecule has 6 heteroatoms. The molecule has 0 bridgehead atoms. The number of carbonyl (C=O) groups is 1. The van der Waals surface area contributed by atoms with Crippen molar-refractivity contribution in [3.8, 4) is 6.07 Å². The van der Waals surface area contributed by atoms with Gasteiger partial charge in [0.1, 0.15) is 16.9 Å². The van der Waals surface area contributed by atoms with Gasteiger partial charge in [0.2, 0.25) is 0 Å². The Kier molecular flexibility index (Phi) is 5.34. The fourth-order valence-corrected chi connectivity index (χ4v) is 2.08. The number of halogens is 1. The van der Waals surface area contributed by atoms with Crippen molar-refractivity contribution in [1.82, 2.24) is 4.98 Å². The molecule has 1 atom stereocenters. The van der Waals surface area contributed by atoms with E-state index >= 15 is 0 Å². The van der Waals surface area contributed by atoms with E-state index in [4.69, 9.17) is 16.9 Å². The van der Waals surface area contributed by atoms with Crippen molar-refractivity contribution in [2.45, 2.75) is 27.2 Å². The zero-order valence-corrected chi connectivity index (χ0v) is 12.5. The third-order valence-electron chi connectivity index (χ3n) is 2.73. The summed E-state index contributed by atoms with van der Waals surface area (Å²) in [7, 11) is 0. The molecule has 2 N–H and O–H groups in total. The van der Waals surface area contributed by atoms with Gasteiger partial charge in [0.15, 0.2) is 0 Å². The summed E-state index contributed by atoms with van der Waals surface area (Å²) in [4.78, 5) is 15.3. The SMILES string of the molecule is CC(C)(C)CC(CNc1nccc(C#N)c1Cl)C(=O)O. The van der Waals surface area contributed by atoms with Crippen LogP contribution in [0.25, 0.3) is 0 Å². The fraction of sp³-hybridized carbons (Fsp3) is 0.500. The summed E-state index contributed by atoms with van der Waals surface area (Å²) in [5.41, 5.74) is 0.225. The molecule has 108 valence electrons. The Morgan fingerprint density at radius 3 is 2.75 bits per heavy atom. The predicted octanol–water partition coefficient (Wildman–Crippen LogP) is 3.16. The smallest absolute Gasteiger partial charge is 0.308 e. The summed E-state index contributed by atoms with van der Waals surface area (Å²) in [5, 5.41) is 21.3. The number of carboxylic acid groups (broad SMARTS) is 1. The molecule has 0 amide bonds. The second kappa shape index (κ2) is 6.58. The molecule has 5 nitrogen and oxygen atoms in total. The van der Waals surface area contributed by atoms with Crippen molar-refractivity contribution in [3.05, 3.63) is 22.8 Å². The monoisotopic (exact) mass is 295 g/mol. The number of anilines is 1. The zero-order chi connectivity index (χ0) is 15.3. The lowest BCUT2D eigenvalue weighted by Gasteiger charge is -2.23. The highest BCUT2D eigenvalue weighted by Crippen LogP contribution is 2.27. The number of hydrogen-bond donors (Lipinski definition) is 2. The lowest BCUT2D eigenvalue weighted by Crippen LogP contribution is -2.27. The van der Waals surface area contributed by atoms with Crippen LogP contribution in [0.5, 0.6) is 0 Å². The number of aliphatic carboxylic acids is 1. The molecule has 0 radical (unpaired) electrons. The quantitative estimate of drug-likeness (QED) is 0.871. The molecule has 1 aromatic rings. The topological polar surface area (TPSA) is 86.0 Å². The van der Waals surface area contributed by atoms with Crippen molar-refractivity contribution >= 4 is 23.4 Å². The first-order chi connectivity index (χ1) is 9.24. The van der Waals surface area contributed by atoms with E-state index in [-0.39, 0.29) is 17.0 Å². The number of hydrogen-bond acceptors (Lipinski definition) is 4. The Labute approximate surface area is 123 Å². The first-order valence-corrected chi connectivity index (χ1v) is 6.63. The average Bonchev–Trinajstić information content (AvgIpc) is 2.34. The maximum Gasteiger partial charge on any atom is 0.308 e. The normalized spacial score (nSPS) is 12.6. The van der Waals surface area contributed by atoms with E-state index in [1.165, 1.54) is 12.3 Å². The third-order valence-corrected chi connectivity index (χ3v) is 3.12. The average molecular weight is 296 g/mol. The number of nitriles is 1. The van der Waals surface area contributed by atoms with Crippen molar-refractivity contribution in [3.63, 3.8) is 0 Å². The van der Waals surface area contributed by atoms with Crippen LogP contribution in [-0.4, -0.2) is 22.6 Å². The van der Waals surface area contributed by atoms with E-state index in [0.717, 1.165) is 0 Å². The Balaban J connectivity index is 2.79. The van der Waals surface area contributed by atoms with Crippen LogP contribution in [0.2, 0.25) is 5.02 Å². The molecular formula is C14H18ClN3O2. The van der Waals surface area contributed by atoms with Crippen LogP contribution in [-0.2, 0) is 4.79 Å². The van der Waals surface area contributed by atoms with E-state index in [9.17, 15) is 9.90 Å². The Hall–Kier alpha value is -1.80. The number of aromatic nitrogens is 1. The minimum Gasteiger partial charge on any atom is -0.481 e. The molecular weight excluding hydrogens is 278 g/mol. The first kappa shape index (κ1) is 16.3. The first-order valence-electron chi connectivity index (χ1n) is 6.26. The van der Waals surface area contributed by atoms with Crippen LogP contribution >= 0.6 is 11.6 Å². The molecule has 0 aliphatic carbocycles. The molecule has 20 heavy (non-hydrogen) atoms. The minimum atomic E-state index is -0.861. The summed E-state index contributed by atoms with van der Waals surface area (Å²) >= 11 is 6.01. The van der Waals surface area contributed by atoms with Crippen LogP contribution in [0.3, 0.4) is 0 Å². The maximum absolute atomic E-state index is 11.3. The highest BCUT2D eigenvalue weighted by Gasteiger charge is 2.24. The standard InChI is InChI=1S/C14H18ClN3O2/c1-14(2,3)6-10(13(19)20)8-18-12-11(15)9(7-16)4-5-17-12/h4-5,10H,6,8H2,1-3H3,(H,17,18)(H,19,20). The van der Waals surface area contributed by atoms with E-state index in [0.29, 0.717) is 17.8 Å². The van der Waals surface area contributed by atoms with Gasteiger partial charge in [0.25, 0.3) is 0 Å². The lowest BCUT2D eigenvalue weighted by atomic mass is 9.84. The molecule has 1 aromatic heterocycles. The van der Waals surface area contributed by atoms with Crippen LogP contribution in [0.1, 0.15) is 32.8 Å². The molecule has 0 aliphatic rings. The van der Waals surface area contributed by atoms with Crippen molar-refractivity contribution in [1.29, 1.82) is 5.26 Å². The minimum absolute atomic E-state index is 0.0868. The fourth-order valence-electron chi connectivity index (χ4n) is 1.86. The van der Waals surface area contributed by atoms with Gasteiger partial charge in [-0.3, -0.25) is 4.79 Å². The van der Waals surface area contributed by atoms with Gasteiger partial charge in [-0.05, 0) is 17.9 Å².